The zero-order chi connectivity index (χ0) is 31.2. The van der Waals surface area contributed by atoms with E-state index >= 15 is 0 Å². The number of carbonyl (C=O) groups is 2. The van der Waals surface area contributed by atoms with Crippen molar-refractivity contribution >= 4 is 63.9 Å². The molecule has 0 aliphatic heterocycles. The monoisotopic (exact) mass is 628 g/mol. The molecule has 0 heterocycles. The molecule has 2 aromatic rings. The lowest BCUT2D eigenvalue weighted by atomic mass is 10.1. The van der Waals surface area contributed by atoms with Crippen LogP contribution in [0.25, 0.3) is 0 Å². The first-order chi connectivity index (χ1) is 20.3. The van der Waals surface area contributed by atoms with Gasteiger partial charge in [0.25, 0.3) is 0 Å². The van der Waals surface area contributed by atoms with Crippen LogP contribution in [0.2, 0.25) is 0 Å². The SMILES string of the molecule is CCNC(=S)NC(CSC)C(=O)NCC#N.COc1ccc(NC(=S)NC(Cc2ccccc2)C(=O)NCC#N)cc1. The van der Waals surface area contributed by atoms with Gasteiger partial charge in [-0.1, -0.05) is 30.3 Å². The molecule has 224 valence electrons. The highest BCUT2D eigenvalue weighted by Gasteiger charge is 2.20. The second-order valence-corrected chi connectivity index (χ2v) is 10.1. The van der Waals surface area contributed by atoms with E-state index in [-0.39, 0.29) is 24.9 Å². The van der Waals surface area contributed by atoms with Crippen molar-refractivity contribution in [3.8, 4) is 17.9 Å². The third-order valence-electron chi connectivity index (χ3n) is 5.23. The Hall–Kier alpha value is -4.11. The summed E-state index contributed by atoms with van der Waals surface area (Å²) in [5, 5.41) is 34.8. The van der Waals surface area contributed by atoms with E-state index in [9.17, 15) is 9.59 Å². The summed E-state index contributed by atoms with van der Waals surface area (Å²) in [6.45, 7) is 2.59. The number of hydrogen-bond donors (Lipinski definition) is 6. The van der Waals surface area contributed by atoms with Gasteiger partial charge in [-0.05, 0) is 67.4 Å². The van der Waals surface area contributed by atoms with Gasteiger partial charge in [0.05, 0.1) is 19.2 Å². The van der Waals surface area contributed by atoms with Crippen molar-refractivity contribution in [2.24, 2.45) is 0 Å². The fourth-order valence-electron chi connectivity index (χ4n) is 3.28. The number of nitrogens with zero attached hydrogens (tertiary/aromatic N) is 2. The molecule has 6 N–H and O–H groups in total. The number of nitrogens with one attached hydrogen (secondary N) is 6. The molecule has 0 saturated carbocycles. The third-order valence-corrected chi connectivity index (χ3v) is 6.38. The molecule has 0 saturated heterocycles. The van der Waals surface area contributed by atoms with E-state index < -0.39 is 12.1 Å². The first-order valence-corrected chi connectivity index (χ1v) is 15.1. The number of methoxy groups -OCH3 is 1. The van der Waals surface area contributed by atoms with Crippen LogP contribution in [-0.4, -0.2) is 72.9 Å². The van der Waals surface area contributed by atoms with E-state index in [2.05, 4.69) is 31.9 Å². The third kappa shape index (κ3) is 15.0. The lowest BCUT2D eigenvalue weighted by Crippen LogP contribution is -2.51. The van der Waals surface area contributed by atoms with Gasteiger partial charge in [0, 0.05) is 24.4 Å². The largest absolute Gasteiger partial charge is 0.497 e. The summed E-state index contributed by atoms with van der Waals surface area (Å²) in [6, 6.07) is 19.6. The molecule has 0 aliphatic carbocycles. The average Bonchev–Trinajstić information content (AvgIpc) is 2.99. The van der Waals surface area contributed by atoms with Gasteiger partial charge in [0.2, 0.25) is 11.8 Å². The Balaban J connectivity index is 0.000000476. The second kappa shape index (κ2) is 21.6. The molecule has 0 fully saturated rings. The van der Waals surface area contributed by atoms with Gasteiger partial charge in [0.15, 0.2) is 10.2 Å². The maximum Gasteiger partial charge on any atom is 0.244 e. The lowest BCUT2D eigenvalue weighted by molar-refractivity contribution is -0.123. The van der Waals surface area contributed by atoms with E-state index in [1.807, 2.05) is 79.9 Å². The summed E-state index contributed by atoms with van der Waals surface area (Å²) in [7, 11) is 1.60. The summed E-state index contributed by atoms with van der Waals surface area (Å²) in [6.07, 6.45) is 2.35. The van der Waals surface area contributed by atoms with Gasteiger partial charge in [-0.3, -0.25) is 9.59 Å². The molecule has 0 aliphatic rings. The van der Waals surface area contributed by atoms with E-state index in [1.54, 1.807) is 7.11 Å². The molecule has 2 amide bonds. The molecule has 0 bridgehead atoms. The smallest absolute Gasteiger partial charge is 0.244 e. The number of hydrogen-bond acceptors (Lipinski definition) is 8. The van der Waals surface area contributed by atoms with Crippen molar-refractivity contribution in [1.29, 1.82) is 10.5 Å². The van der Waals surface area contributed by atoms with Crippen molar-refractivity contribution < 1.29 is 14.3 Å². The predicted octanol–water partition coefficient (Wildman–Crippen LogP) is 2.07. The first kappa shape index (κ1) is 35.9. The molecule has 2 unspecified atom stereocenters. The van der Waals surface area contributed by atoms with Crippen molar-refractivity contribution in [1.82, 2.24) is 26.6 Å². The molecule has 11 nitrogen and oxygen atoms in total. The van der Waals surface area contributed by atoms with Crippen molar-refractivity contribution in [2.45, 2.75) is 25.4 Å². The van der Waals surface area contributed by atoms with Gasteiger partial charge in [-0.15, -0.1) is 0 Å². The Morgan fingerprint density at radius 2 is 1.45 bits per heavy atom. The zero-order valence-electron chi connectivity index (χ0n) is 23.7. The number of rotatable bonds is 13. The number of benzene rings is 2. The second-order valence-electron chi connectivity index (χ2n) is 8.33. The summed E-state index contributed by atoms with van der Waals surface area (Å²) < 4.78 is 5.12. The van der Waals surface area contributed by atoms with Gasteiger partial charge in [0.1, 0.15) is 30.9 Å². The van der Waals surface area contributed by atoms with Gasteiger partial charge in [-0.2, -0.15) is 22.3 Å². The average molecular weight is 629 g/mol. The minimum absolute atomic E-state index is 0.0133. The van der Waals surface area contributed by atoms with Crippen molar-refractivity contribution in [3.05, 3.63) is 60.2 Å². The van der Waals surface area contributed by atoms with E-state index in [1.165, 1.54) is 11.8 Å². The number of carbonyl (C=O) groups excluding carboxylic acids is 2. The molecule has 0 radical (unpaired) electrons. The van der Waals surface area contributed by atoms with Crippen LogP contribution in [0, 0.1) is 22.7 Å². The number of thiocarbonyl (C=S) groups is 2. The van der Waals surface area contributed by atoms with Gasteiger partial charge in [-0.25, -0.2) is 0 Å². The highest BCUT2D eigenvalue weighted by atomic mass is 32.2. The Kier molecular flexibility index (Phi) is 18.5. The molecule has 2 aromatic carbocycles. The lowest BCUT2D eigenvalue weighted by Gasteiger charge is -2.20. The molecule has 0 spiro atoms. The summed E-state index contributed by atoms with van der Waals surface area (Å²) in [5.74, 6) is 0.848. The van der Waals surface area contributed by atoms with Gasteiger partial charge >= 0.3 is 0 Å². The molecule has 42 heavy (non-hydrogen) atoms. The van der Waals surface area contributed by atoms with Crippen LogP contribution in [0.15, 0.2) is 54.6 Å². The van der Waals surface area contributed by atoms with Crippen LogP contribution in [0.4, 0.5) is 5.69 Å². The van der Waals surface area contributed by atoms with Crippen LogP contribution in [0.3, 0.4) is 0 Å². The maximum absolute atomic E-state index is 12.3. The summed E-state index contributed by atoms with van der Waals surface area (Å²) in [4.78, 5) is 24.0. The zero-order valence-corrected chi connectivity index (χ0v) is 26.2. The summed E-state index contributed by atoms with van der Waals surface area (Å²) in [5.41, 5.74) is 1.77. The van der Waals surface area contributed by atoms with Gasteiger partial charge < -0.3 is 36.6 Å². The maximum atomic E-state index is 12.3. The Morgan fingerprint density at radius 3 is 1.98 bits per heavy atom. The van der Waals surface area contributed by atoms with Crippen LogP contribution >= 0.6 is 36.2 Å². The summed E-state index contributed by atoms with van der Waals surface area (Å²) >= 11 is 11.9. The highest BCUT2D eigenvalue weighted by Crippen LogP contribution is 2.15. The van der Waals surface area contributed by atoms with Crippen LogP contribution in [0.1, 0.15) is 12.5 Å². The standard InChI is InChI=1S/C19H20N4O2S.C9H16N4OS2/c1-25-16-9-7-15(8-10-16)22-19(26)23-17(18(24)21-12-11-20)13-14-5-3-2-4-6-14;1-3-11-9(15)13-7(6-16-2)8(14)12-5-4-10/h2-10,17H,12-13H2,1H3,(H,21,24)(H2,22,23,26);7H,3,5-6H2,1-2H3,(H,12,14)(H2,11,13,15). The number of nitriles is 2. The fraction of sp³-hybridized carbons (Fsp3) is 0.357. The van der Waals surface area contributed by atoms with E-state index in [0.29, 0.717) is 28.9 Å². The molecule has 2 rings (SSSR count). The van der Waals surface area contributed by atoms with Crippen molar-refractivity contribution in [2.75, 3.05) is 44.1 Å². The van der Waals surface area contributed by atoms with Crippen LogP contribution < -0.4 is 36.6 Å². The minimum Gasteiger partial charge on any atom is -0.497 e. The van der Waals surface area contributed by atoms with E-state index in [4.69, 9.17) is 39.7 Å². The number of amides is 2. The number of anilines is 1. The van der Waals surface area contributed by atoms with Crippen molar-refractivity contribution in [3.63, 3.8) is 0 Å². The number of thioether (sulfide) groups is 1. The van der Waals surface area contributed by atoms with Crippen LogP contribution in [-0.2, 0) is 16.0 Å². The molecule has 0 aromatic heterocycles. The fourth-order valence-corrected chi connectivity index (χ4v) is 4.39. The topological polar surface area (TPSA) is 163 Å². The molecule has 14 heteroatoms. The predicted molar refractivity (Wildman–Crippen MR) is 175 cm³/mol. The normalized spacial score (nSPS) is 11.0. The highest BCUT2D eigenvalue weighted by molar-refractivity contribution is 7.98. The Bertz CT molecular complexity index is 1220. The Labute approximate surface area is 262 Å². The van der Waals surface area contributed by atoms with Crippen LogP contribution in [0.5, 0.6) is 5.75 Å². The van der Waals surface area contributed by atoms with E-state index in [0.717, 1.165) is 17.0 Å². The molecular formula is C28H36N8O3S3. The molecule has 2 atom stereocenters. The molecular weight excluding hydrogens is 593 g/mol. The quantitative estimate of drug-likeness (QED) is 0.142. The Morgan fingerprint density at radius 1 is 0.881 bits per heavy atom. The number of ether oxygens (including phenoxy) is 1. The first-order valence-electron chi connectivity index (χ1n) is 12.9. The minimum atomic E-state index is -0.594.